The molecule has 0 radical (unpaired) electrons. The number of carbonyl (C=O) groups is 1. The molecule has 2 aromatic carbocycles. The van der Waals surface area contributed by atoms with Crippen molar-refractivity contribution in [2.75, 3.05) is 24.6 Å². The number of nitrogens with zero attached hydrogens (tertiary/aromatic N) is 1. The van der Waals surface area contributed by atoms with Crippen molar-refractivity contribution in [3.05, 3.63) is 70.3 Å². The number of anilines is 1. The fourth-order valence-electron chi connectivity index (χ4n) is 6.39. The Kier molecular flexibility index (Phi) is 10.6. The van der Waals surface area contributed by atoms with Crippen LogP contribution >= 0.6 is 11.6 Å². The first-order valence-electron chi connectivity index (χ1n) is 15.8. The van der Waals surface area contributed by atoms with E-state index in [4.69, 9.17) is 21.1 Å². The van der Waals surface area contributed by atoms with Crippen molar-refractivity contribution in [1.29, 1.82) is 0 Å². The van der Waals surface area contributed by atoms with Crippen LogP contribution in [0.25, 0.3) is 0 Å². The van der Waals surface area contributed by atoms with Crippen molar-refractivity contribution in [2.45, 2.75) is 83.4 Å². The fourth-order valence-corrected chi connectivity index (χ4v) is 7.87. The molecule has 1 fully saturated rings. The average molecular weight is 645 g/mol. The van der Waals surface area contributed by atoms with Crippen LogP contribution in [0.15, 0.2) is 48.6 Å². The number of fused-ring (bicyclic) bond motifs is 3. The number of sulfonamides is 1. The van der Waals surface area contributed by atoms with Gasteiger partial charge in [0.1, 0.15) is 12.4 Å². The van der Waals surface area contributed by atoms with Crippen LogP contribution in [-0.2, 0) is 27.8 Å². The van der Waals surface area contributed by atoms with E-state index in [0.717, 1.165) is 56.4 Å². The van der Waals surface area contributed by atoms with Crippen LogP contribution in [0.5, 0.6) is 5.75 Å². The van der Waals surface area contributed by atoms with Gasteiger partial charge in [-0.05, 0) is 112 Å². The van der Waals surface area contributed by atoms with Gasteiger partial charge in [0.15, 0.2) is 0 Å². The van der Waals surface area contributed by atoms with Gasteiger partial charge in [-0.2, -0.15) is 0 Å². The number of ether oxygens (including phenoxy) is 2. The molecule has 10 heteroatoms. The predicted molar refractivity (Wildman–Crippen MR) is 174 cm³/mol. The Morgan fingerprint density at radius 2 is 1.95 bits per heavy atom. The first kappa shape index (κ1) is 32.8. The third-order valence-corrected chi connectivity index (χ3v) is 11.6. The number of nitrogens with one attached hydrogen (secondary N) is 1. The van der Waals surface area contributed by atoms with E-state index in [-0.39, 0.29) is 30.1 Å². The van der Waals surface area contributed by atoms with Gasteiger partial charge in [-0.25, -0.2) is 13.1 Å². The number of carbonyl (C=O) groups excluding carboxylic acids is 1. The first-order chi connectivity index (χ1) is 21.0. The standard InChI is InChI=1S/C34H45ClN2O6S/c1-22-7-6-9-32(42-20-23(2)38)30-14-11-27(30)19-37-16-5-4-8-25-17-29(35)13-10-28(25)21-43-33-15-12-26(18-31(33)37)34(39)36-44(40,41)24(22)3/h6,9-10,12-13,15,17-18,22-24,27,30,32,38H,4-5,7-8,11,14,16,19-21H2,1-3H3,(H,36,39)/b9-6+/t22?,23-,24?,27+,30-,32?/m1/s1. The Morgan fingerprint density at radius 1 is 1.14 bits per heavy atom. The van der Waals surface area contributed by atoms with E-state index in [0.29, 0.717) is 29.7 Å². The lowest BCUT2D eigenvalue weighted by Crippen LogP contribution is -2.44. The summed E-state index contributed by atoms with van der Waals surface area (Å²) in [6.45, 7) is 7.32. The van der Waals surface area contributed by atoms with E-state index in [9.17, 15) is 18.3 Å². The highest BCUT2D eigenvalue weighted by atomic mass is 35.5. The van der Waals surface area contributed by atoms with Crippen LogP contribution in [0.1, 0.15) is 74.4 Å². The molecule has 0 saturated heterocycles. The van der Waals surface area contributed by atoms with Crippen molar-refractivity contribution >= 4 is 33.2 Å². The highest BCUT2D eigenvalue weighted by molar-refractivity contribution is 7.90. The highest BCUT2D eigenvalue weighted by Crippen LogP contribution is 2.42. The molecule has 1 amide bonds. The van der Waals surface area contributed by atoms with Gasteiger partial charge < -0.3 is 19.5 Å². The average Bonchev–Trinajstić information content (AvgIpc) is 2.99. The lowest BCUT2D eigenvalue weighted by atomic mass is 9.70. The number of halogens is 1. The van der Waals surface area contributed by atoms with Crippen LogP contribution in [-0.4, -0.2) is 56.6 Å². The van der Waals surface area contributed by atoms with Gasteiger partial charge in [-0.15, -0.1) is 0 Å². The molecule has 0 spiro atoms. The molecule has 8 nitrogen and oxygen atoms in total. The minimum Gasteiger partial charge on any atom is -0.487 e. The Labute approximate surface area is 266 Å². The summed E-state index contributed by atoms with van der Waals surface area (Å²) in [6.07, 6.45) is 8.64. The molecular formula is C34H45ClN2O6S. The van der Waals surface area contributed by atoms with Gasteiger partial charge in [-0.1, -0.05) is 36.7 Å². The van der Waals surface area contributed by atoms with Gasteiger partial charge in [0.25, 0.3) is 5.91 Å². The SMILES string of the molecule is CC1C/C=C/C(OC[C@@H](C)O)[C@@H]2CC[C@H]2CN2CCCCc3cc(Cl)ccc3COc3ccc(cc32)C(=O)NS(=O)(=O)C1C. The second-order valence-electron chi connectivity index (χ2n) is 12.8. The van der Waals surface area contributed by atoms with Crippen LogP contribution in [0.2, 0.25) is 5.02 Å². The molecule has 2 heterocycles. The van der Waals surface area contributed by atoms with E-state index in [1.54, 1.807) is 32.0 Å². The van der Waals surface area contributed by atoms with E-state index in [1.165, 1.54) is 5.56 Å². The molecule has 2 aromatic rings. The van der Waals surface area contributed by atoms with Crippen LogP contribution in [0.4, 0.5) is 5.69 Å². The zero-order valence-corrected chi connectivity index (χ0v) is 27.4. The summed E-state index contributed by atoms with van der Waals surface area (Å²) in [5.74, 6) is 0.377. The quantitative estimate of drug-likeness (QED) is 0.401. The van der Waals surface area contributed by atoms with E-state index in [2.05, 4.69) is 9.62 Å². The monoisotopic (exact) mass is 644 g/mol. The Balaban J connectivity index is 1.54. The number of rotatable bonds is 3. The summed E-state index contributed by atoms with van der Waals surface area (Å²) in [5, 5.41) is 9.89. The normalized spacial score (nSPS) is 29.0. The fraction of sp³-hybridized carbons (Fsp3) is 0.559. The second kappa shape index (κ2) is 14.2. The van der Waals surface area contributed by atoms with Crippen molar-refractivity contribution in [2.24, 2.45) is 17.8 Å². The maximum absolute atomic E-state index is 13.4. The second-order valence-corrected chi connectivity index (χ2v) is 15.2. The predicted octanol–water partition coefficient (Wildman–Crippen LogP) is 5.90. The summed E-state index contributed by atoms with van der Waals surface area (Å²) in [5.41, 5.74) is 3.30. The van der Waals surface area contributed by atoms with Gasteiger partial charge >= 0.3 is 0 Å². The summed E-state index contributed by atoms with van der Waals surface area (Å²) in [4.78, 5) is 15.7. The number of allylic oxidation sites excluding steroid dienone is 1. The van der Waals surface area contributed by atoms with Crippen LogP contribution in [0.3, 0.4) is 0 Å². The molecule has 1 saturated carbocycles. The number of amides is 1. The highest BCUT2D eigenvalue weighted by Gasteiger charge is 2.38. The Hall–Kier alpha value is -2.59. The number of hydrogen-bond acceptors (Lipinski definition) is 7. The van der Waals surface area contributed by atoms with Crippen molar-refractivity contribution in [3.8, 4) is 5.75 Å². The topological polar surface area (TPSA) is 105 Å². The molecule has 2 N–H and O–H groups in total. The molecule has 1 aliphatic carbocycles. The zero-order valence-electron chi connectivity index (χ0n) is 25.9. The van der Waals surface area contributed by atoms with E-state index in [1.807, 2.05) is 37.3 Å². The summed E-state index contributed by atoms with van der Waals surface area (Å²) >= 11 is 6.33. The number of aliphatic hydroxyl groups excluding tert-OH is 1. The molecule has 5 rings (SSSR count). The Bertz CT molecular complexity index is 1460. The molecular weight excluding hydrogens is 600 g/mol. The lowest BCUT2D eigenvalue weighted by molar-refractivity contribution is -0.0436. The molecule has 2 bridgehead atoms. The molecule has 3 aliphatic rings. The third kappa shape index (κ3) is 7.79. The van der Waals surface area contributed by atoms with Gasteiger partial charge in [0, 0.05) is 23.7 Å². The van der Waals surface area contributed by atoms with Crippen molar-refractivity contribution in [3.63, 3.8) is 0 Å². The summed E-state index contributed by atoms with van der Waals surface area (Å²) in [6, 6.07) is 11.1. The Morgan fingerprint density at radius 3 is 2.70 bits per heavy atom. The third-order valence-electron chi connectivity index (χ3n) is 9.48. The maximum Gasteiger partial charge on any atom is 0.264 e. The molecule has 0 aromatic heterocycles. The maximum atomic E-state index is 13.4. The lowest BCUT2D eigenvalue weighted by Gasteiger charge is -2.44. The van der Waals surface area contributed by atoms with Gasteiger partial charge in [-0.3, -0.25) is 4.79 Å². The number of benzene rings is 2. The van der Waals surface area contributed by atoms with Crippen molar-refractivity contribution in [1.82, 2.24) is 4.72 Å². The minimum absolute atomic E-state index is 0.180. The van der Waals surface area contributed by atoms with Crippen LogP contribution in [0, 0.1) is 17.8 Å². The number of aryl methyl sites for hydroxylation is 1. The molecule has 2 aliphatic heterocycles. The zero-order chi connectivity index (χ0) is 31.4. The van der Waals surface area contributed by atoms with Gasteiger partial charge in [0.2, 0.25) is 10.0 Å². The van der Waals surface area contributed by atoms with Crippen molar-refractivity contribution < 1.29 is 27.8 Å². The van der Waals surface area contributed by atoms with E-state index < -0.39 is 27.3 Å². The van der Waals surface area contributed by atoms with Crippen LogP contribution < -0.4 is 14.4 Å². The molecule has 3 unspecified atom stereocenters. The molecule has 240 valence electrons. The first-order valence-corrected chi connectivity index (χ1v) is 17.8. The molecule has 6 atom stereocenters. The number of aliphatic hydroxyl groups is 1. The smallest absolute Gasteiger partial charge is 0.264 e. The largest absolute Gasteiger partial charge is 0.487 e. The van der Waals surface area contributed by atoms with Gasteiger partial charge in [0.05, 0.1) is 29.8 Å². The number of hydrogen-bond donors (Lipinski definition) is 2. The summed E-state index contributed by atoms with van der Waals surface area (Å²) in [7, 11) is -3.93. The molecule has 44 heavy (non-hydrogen) atoms. The van der Waals surface area contributed by atoms with E-state index >= 15 is 0 Å². The minimum atomic E-state index is -3.93. The summed E-state index contributed by atoms with van der Waals surface area (Å²) < 4.78 is 41.5.